The zero-order valence-corrected chi connectivity index (χ0v) is 13.2. The molecule has 0 aliphatic carbocycles. The average Bonchev–Trinajstić information content (AvgIpc) is 2.30. The molecule has 0 aromatic heterocycles. The normalized spacial score (nSPS) is 9.88. The van der Waals surface area contributed by atoms with Crippen molar-refractivity contribution in [3.8, 4) is 6.07 Å². The van der Waals surface area contributed by atoms with Gasteiger partial charge in [-0.1, -0.05) is 63.5 Å². The van der Waals surface area contributed by atoms with Crippen molar-refractivity contribution >= 4 is 15.9 Å². The highest BCUT2D eigenvalue weighted by Gasteiger charge is 2.15. The van der Waals surface area contributed by atoms with Crippen LogP contribution in [0.1, 0.15) is 70.1 Å². The molecule has 0 heterocycles. The minimum Gasteiger partial charge on any atom is -0.192 e. The summed E-state index contributed by atoms with van der Waals surface area (Å²) >= 11 is 3.62. The van der Waals surface area contributed by atoms with Crippen molar-refractivity contribution in [2.24, 2.45) is 0 Å². The predicted molar refractivity (Wildman–Crippen MR) is 78.4 cm³/mol. The quantitative estimate of drug-likeness (QED) is 0.697. The molecule has 1 aromatic carbocycles. The highest BCUT2D eigenvalue weighted by molar-refractivity contribution is 9.10. The van der Waals surface area contributed by atoms with Crippen molar-refractivity contribution in [2.75, 3.05) is 0 Å². The van der Waals surface area contributed by atoms with Crippen molar-refractivity contribution in [1.82, 2.24) is 0 Å². The molecule has 1 nitrogen and oxygen atoms in total. The lowest BCUT2D eigenvalue weighted by molar-refractivity contribution is 0.821. The van der Waals surface area contributed by atoms with E-state index < -0.39 is 0 Å². The number of benzene rings is 1. The number of hydrogen-bond donors (Lipinski definition) is 0. The van der Waals surface area contributed by atoms with Crippen molar-refractivity contribution in [2.45, 2.75) is 53.4 Å². The Labute approximate surface area is 114 Å². The highest BCUT2D eigenvalue weighted by atomic mass is 79.9. The summed E-state index contributed by atoms with van der Waals surface area (Å²) in [5, 5.41) is 9.05. The molecule has 0 N–H and O–H groups in total. The van der Waals surface area contributed by atoms with Gasteiger partial charge < -0.3 is 0 Å². The van der Waals surface area contributed by atoms with Gasteiger partial charge in [-0.05, 0) is 29.0 Å². The van der Waals surface area contributed by atoms with E-state index in [1.165, 1.54) is 5.56 Å². The van der Waals surface area contributed by atoms with Gasteiger partial charge in [0.25, 0.3) is 0 Å². The standard InChI is InChI=1S/C13H16BrN.C2H6/c1-8(2)11-6-5-10(7-15)12(9(3)4)13(11)14;1-2/h5-6,8-9H,1-4H3;1-2H3. The van der Waals surface area contributed by atoms with Gasteiger partial charge in [0.1, 0.15) is 0 Å². The van der Waals surface area contributed by atoms with Crippen molar-refractivity contribution < 1.29 is 0 Å². The monoisotopic (exact) mass is 295 g/mol. The van der Waals surface area contributed by atoms with Crippen LogP contribution in [-0.4, -0.2) is 0 Å². The van der Waals surface area contributed by atoms with Crippen molar-refractivity contribution in [1.29, 1.82) is 5.26 Å². The van der Waals surface area contributed by atoms with Gasteiger partial charge in [-0.3, -0.25) is 0 Å². The zero-order chi connectivity index (χ0) is 13.6. The lowest BCUT2D eigenvalue weighted by Gasteiger charge is -2.16. The molecule has 0 amide bonds. The molecule has 0 atom stereocenters. The molecule has 0 aliphatic heterocycles. The molecule has 0 bridgehead atoms. The Morgan fingerprint density at radius 1 is 1.06 bits per heavy atom. The van der Waals surface area contributed by atoms with E-state index in [1.54, 1.807) is 0 Å². The summed E-state index contributed by atoms with van der Waals surface area (Å²) in [5.41, 5.74) is 3.18. The SMILES string of the molecule is CC.CC(C)c1ccc(C#N)c(C(C)C)c1Br. The van der Waals surface area contributed by atoms with E-state index in [2.05, 4.69) is 49.7 Å². The van der Waals surface area contributed by atoms with Gasteiger partial charge in [0.2, 0.25) is 0 Å². The second-order valence-electron chi connectivity index (χ2n) is 4.35. The van der Waals surface area contributed by atoms with E-state index in [1.807, 2.05) is 26.0 Å². The minimum absolute atomic E-state index is 0.368. The van der Waals surface area contributed by atoms with Crippen LogP contribution in [0, 0.1) is 11.3 Å². The Hall–Kier alpha value is -0.810. The first-order chi connectivity index (χ1) is 7.99. The fourth-order valence-electron chi connectivity index (χ4n) is 1.72. The van der Waals surface area contributed by atoms with Crippen LogP contribution < -0.4 is 0 Å². The summed E-state index contributed by atoms with van der Waals surface area (Å²) < 4.78 is 1.10. The second kappa shape index (κ2) is 7.50. The maximum absolute atomic E-state index is 9.05. The molecule has 94 valence electrons. The van der Waals surface area contributed by atoms with Crippen LogP contribution in [0.25, 0.3) is 0 Å². The summed E-state index contributed by atoms with van der Waals surface area (Å²) in [7, 11) is 0. The Morgan fingerprint density at radius 3 is 1.94 bits per heavy atom. The molecule has 0 radical (unpaired) electrons. The molecule has 0 saturated carbocycles. The predicted octanol–water partition coefficient (Wildman–Crippen LogP) is 5.59. The average molecular weight is 296 g/mol. The Balaban J connectivity index is 0.00000121. The smallest absolute Gasteiger partial charge is 0.0995 e. The number of hydrogen-bond acceptors (Lipinski definition) is 1. The van der Waals surface area contributed by atoms with Crippen molar-refractivity contribution in [3.05, 3.63) is 33.3 Å². The molecule has 0 spiro atoms. The number of rotatable bonds is 2. The van der Waals surface area contributed by atoms with Gasteiger partial charge in [0, 0.05) is 4.47 Å². The summed E-state index contributed by atoms with van der Waals surface area (Å²) in [6.07, 6.45) is 0. The van der Waals surface area contributed by atoms with Crippen LogP contribution in [0.5, 0.6) is 0 Å². The third-order valence-corrected chi connectivity index (χ3v) is 3.41. The second-order valence-corrected chi connectivity index (χ2v) is 5.14. The molecule has 0 aliphatic rings. The molecular weight excluding hydrogens is 274 g/mol. The van der Waals surface area contributed by atoms with Crippen LogP contribution >= 0.6 is 15.9 Å². The molecule has 1 rings (SSSR count). The zero-order valence-electron chi connectivity index (χ0n) is 11.6. The lowest BCUT2D eigenvalue weighted by atomic mass is 9.92. The summed E-state index contributed by atoms with van der Waals surface area (Å²) in [5.74, 6) is 0.845. The first-order valence-corrected chi connectivity index (χ1v) is 7.00. The first-order valence-electron chi connectivity index (χ1n) is 6.21. The van der Waals surface area contributed by atoms with Crippen LogP contribution in [-0.2, 0) is 0 Å². The molecule has 0 unspecified atom stereocenters. The fourth-order valence-corrected chi connectivity index (χ4v) is 2.98. The molecule has 17 heavy (non-hydrogen) atoms. The molecule has 0 fully saturated rings. The number of nitrogens with zero attached hydrogens (tertiary/aromatic N) is 1. The highest BCUT2D eigenvalue weighted by Crippen LogP contribution is 2.34. The summed E-state index contributed by atoms with van der Waals surface area (Å²) in [6, 6.07) is 6.22. The maximum atomic E-state index is 9.05. The van der Waals surface area contributed by atoms with Gasteiger partial charge in [-0.2, -0.15) is 5.26 Å². The van der Waals surface area contributed by atoms with Crippen LogP contribution in [0.4, 0.5) is 0 Å². The van der Waals surface area contributed by atoms with Gasteiger partial charge in [0.15, 0.2) is 0 Å². The molecule has 2 heteroatoms. The Kier molecular flexibility index (Phi) is 7.15. The number of halogens is 1. The Morgan fingerprint density at radius 2 is 1.59 bits per heavy atom. The number of nitriles is 1. The summed E-state index contributed by atoms with van der Waals surface area (Å²) in [6.45, 7) is 12.6. The minimum atomic E-state index is 0.368. The lowest BCUT2D eigenvalue weighted by Crippen LogP contribution is -1.99. The van der Waals surface area contributed by atoms with Crippen LogP contribution in [0.15, 0.2) is 16.6 Å². The molecule has 0 saturated heterocycles. The fraction of sp³-hybridized carbons (Fsp3) is 0.533. The molecule has 1 aromatic rings. The van der Waals surface area contributed by atoms with E-state index in [0.717, 1.165) is 15.6 Å². The first kappa shape index (κ1) is 16.2. The van der Waals surface area contributed by atoms with Crippen molar-refractivity contribution in [3.63, 3.8) is 0 Å². The van der Waals surface area contributed by atoms with Gasteiger partial charge in [-0.15, -0.1) is 0 Å². The largest absolute Gasteiger partial charge is 0.192 e. The van der Waals surface area contributed by atoms with E-state index in [0.29, 0.717) is 11.8 Å². The van der Waals surface area contributed by atoms with E-state index in [9.17, 15) is 0 Å². The van der Waals surface area contributed by atoms with Gasteiger partial charge in [0.05, 0.1) is 11.6 Å². The van der Waals surface area contributed by atoms with Gasteiger partial charge >= 0.3 is 0 Å². The summed E-state index contributed by atoms with van der Waals surface area (Å²) in [4.78, 5) is 0. The third kappa shape index (κ3) is 3.85. The van der Waals surface area contributed by atoms with Crippen LogP contribution in [0.2, 0.25) is 0 Å². The maximum Gasteiger partial charge on any atom is 0.0995 e. The van der Waals surface area contributed by atoms with E-state index in [-0.39, 0.29) is 0 Å². The van der Waals surface area contributed by atoms with E-state index in [4.69, 9.17) is 5.26 Å². The van der Waals surface area contributed by atoms with E-state index >= 15 is 0 Å². The van der Waals surface area contributed by atoms with Crippen LogP contribution in [0.3, 0.4) is 0 Å². The topological polar surface area (TPSA) is 23.8 Å². The third-order valence-electron chi connectivity index (χ3n) is 2.53. The Bertz CT molecular complexity index is 400. The van der Waals surface area contributed by atoms with Gasteiger partial charge in [-0.25, -0.2) is 0 Å². The molecular formula is C15H22BrN.